The highest BCUT2D eigenvalue weighted by molar-refractivity contribution is 5.17. The van der Waals surface area contributed by atoms with Gasteiger partial charge in [0.2, 0.25) is 5.88 Å². The molecule has 1 saturated carbocycles. The van der Waals surface area contributed by atoms with Crippen LogP contribution in [0.15, 0.2) is 18.3 Å². The van der Waals surface area contributed by atoms with Crippen molar-refractivity contribution in [1.82, 2.24) is 4.98 Å². The van der Waals surface area contributed by atoms with Crippen molar-refractivity contribution >= 4 is 0 Å². The van der Waals surface area contributed by atoms with Crippen LogP contribution in [0.4, 0.5) is 0 Å². The van der Waals surface area contributed by atoms with Crippen LogP contribution < -0.4 is 4.74 Å². The number of aromatic nitrogens is 1. The zero-order valence-electron chi connectivity index (χ0n) is 10.4. The van der Waals surface area contributed by atoms with Crippen LogP contribution in [0.25, 0.3) is 0 Å². The minimum atomic E-state index is 0.0363. The number of aliphatic hydroxyl groups excluding tert-OH is 1. The molecule has 0 bridgehead atoms. The number of aliphatic hydroxyl groups is 1. The molecule has 2 atom stereocenters. The standard InChI is InChI=1S/C14H21NO2/c1-2-11-4-3-5-13(8-11)17-14-7-6-12(10-16)9-15-14/h6-7,9,11,13,16H,2-5,8,10H2,1H3. The van der Waals surface area contributed by atoms with Gasteiger partial charge in [0.25, 0.3) is 0 Å². The van der Waals surface area contributed by atoms with Crippen LogP contribution in [0.1, 0.15) is 44.6 Å². The third-order valence-corrected chi connectivity index (χ3v) is 3.58. The van der Waals surface area contributed by atoms with E-state index in [2.05, 4.69) is 11.9 Å². The summed E-state index contributed by atoms with van der Waals surface area (Å²) >= 11 is 0. The minimum Gasteiger partial charge on any atom is -0.474 e. The van der Waals surface area contributed by atoms with Gasteiger partial charge in [-0.25, -0.2) is 4.98 Å². The summed E-state index contributed by atoms with van der Waals surface area (Å²) in [5.41, 5.74) is 0.826. The smallest absolute Gasteiger partial charge is 0.213 e. The number of hydrogen-bond acceptors (Lipinski definition) is 3. The second kappa shape index (κ2) is 6.01. The van der Waals surface area contributed by atoms with Crippen molar-refractivity contribution in [1.29, 1.82) is 0 Å². The van der Waals surface area contributed by atoms with E-state index in [9.17, 15) is 0 Å². The van der Waals surface area contributed by atoms with Crippen LogP contribution in [0, 0.1) is 5.92 Å². The molecule has 2 unspecified atom stereocenters. The zero-order chi connectivity index (χ0) is 12.1. The predicted molar refractivity (Wildman–Crippen MR) is 66.8 cm³/mol. The highest BCUT2D eigenvalue weighted by Crippen LogP contribution is 2.29. The molecule has 1 aliphatic carbocycles. The van der Waals surface area contributed by atoms with Gasteiger partial charge in [-0.3, -0.25) is 0 Å². The third kappa shape index (κ3) is 3.43. The van der Waals surface area contributed by atoms with Crippen LogP contribution in [-0.4, -0.2) is 16.2 Å². The maximum Gasteiger partial charge on any atom is 0.213 e. The Morgan fingerprint density at radius 2 is 2.29 bits per heavy atom. The summed E-state index contributed by atoms with van der Waals surface area (Å²) < 4.78 is 5.89. The summed E-state index contributed by atoms with van der Waals surface area (Å²) in [7, 11) is 0. The highest BCUT2D eigenvalue weighted by atomic mass is 16.5. The topological polar surface area (TPSA) is 42.4 Å². The first kappa shape index (κ1) is 12.4. The average Bonchev–Trinajstić information content (AvgIpc) is 2.40. The summed E-state index contributed by atoms with van der Waals surface area (Å²) in [6, 6.07) is 3.71. The van der Waals surface area contributed by atoms with Gasteiger partial charge in [-0.05, 0) is 36.8 Å². The number of hydrogen-bond donors (Lipinski definition) is 1. The van der Waals surface area contributed by atoms with Crippen molar-refractivity contribution in [3.8, 4) is 5.88 Å². The van der Waals surface area contributed by atoms with Crippen molar-refractivity contribution in [2.75, 3.05) is 0 Å². The summed E-state index contributed by atoms with van der Waals surface area (Å²) in [4.78, 5) is 4.21. The lowest BCUT2D eigenvalue weighted by molar-refractivity contribution is 0.117. The van der Waals surface area contributed by atoms with Gasteiger partial charge in [0.1, 0.15) is 6.10 Å². The van der Waals surface area contributed by atoms with Gasteiger partial charge in [0, 0.05) is 12.3 Å². The van der Waals surface area contributed by atoms with Gasteiger partial charge < -0.3 is 9.84 Å². The fraction of sp³-hybridized carbons (Fsp3) is 0.643. The molecule has 0 saturated heterocycles. The molecule has 2 rings (SSSR count). The Bertz CT molecular complexity index is 337. The second-order valence-electron chi connectivity index (χ2n) is 4.84. The molecule has 1 aromatic heterocycles. The van der Waals surface area contributed by atoms with E-state index in [0.29, 0.717) is 12.0 Å². The van der Waals surface area contributed by atoms with Gasteiger partial charge >= 0.3 is 0 Å². The predicted octanol–water partition coefficient (Wildman–Crippen LogP) is 2.92. The molecule has 0 radical (unpaired) electrons. The van der Waals surface area contributed by atoms with Gasteiger partial charge in [0.15, 0.2) is 0 Å². The first-order valence-electron chi connectivity index (χ1n) is 6.54. The number of ether oxygens (including phenoxy) is 1. The quantitative estimate of drug-likeness (QED) is 0.872. The third-order valence-electron chi connectivity index (χ3n) is 3.58. The molecule has 1 fully saturated rings. The highest BCUT2D eigenvalue weighted by Gasteiger charge is 2.22. The first-order valence-corrected chi connectivity index (χ1v) is 6.54. The van der Waals surface area contributed by atoms with Gasteiger partial charge in [-0.1, -0.05) is 19.8 Å². The Morgan fingerprint density at radius 3 is 2.94 bits per heavy atom. The summed E-state index contributed by atoms with van der Waals surface area (Å²) in [6.45, 7) is 2.29. The van der Waals surface area contributed by atoms with E-state index in [1.807, 2.05) is 12.1 Å². The van der Waals surface area contributed by atoms with Crippen molar-refractivity contribution in [2.45, 2.75) is 51.7 Å². The van der Waals surface area contributed by atoms with Crippen LogP contribution in [0.5, 0.6) is 5.88 Å². The lowest BCUT2D eigenvalue weighted by atomic mass is 9.85. The second-order valence-corrected chi connectivity index (χ2v) is 4.84. The van der Waals surface area contributed by atoms with Crippen LogP contribution >= 0.6 is 0 Å². The Morgan fingerprint density at radius 1 is 1.41 bits per heavy atom. The van der Waals surface area contributed by atoms with E-state index >= 15 is 0 Å². The summed E-state index contributed by atoms with van der Waals surface area (Å²) in [5, 5.41) is 8.94. The maximum atomic E-state index is 8.94. The molecule has 1 heterocycles. The molecule has 0 aromatic carbocycles. The molecule has 0 spiro atoms. The summed E-state index contributed by atoms with van der Waals surface area (Å²) in [6.07, 6.45) is 8.14. The molecular weight excluding hydrogens is 214 g/mol. The molecule has 0 amide bonds. The Kier molecular flexibility index (Phi) is 4.37. The lowest BCUT2D eigenvalue weighted by Gasteiger charge is -2.28. The Balaban J connectivity index is 1.90. The van der Waals surface area contributed by atoms with E-state index in [1.54, 1.807) is 6.20 Å². The zero-order valence-corrected chi connectivity index (χ0v) is 10.4. The first-order chi connectivity index (χ1) is 8.31. The molecule has 3 nitrogen and oxygen atoms in total. The van der Waals surface area contributed by atoms with E-state index < -0.39 is 0 Å². The van der Waals surface area contributed by atoms with Gasteiger partial charge in [-0.15, -0.1) is 0 Å². The van der Waals surface area contributed by atoms with Gasteiger partial charge in [-0.2, -0.15) is 0 Å². The van der Waals surface area contributed by atoms with E-state index in [4.69, 9.17) is 9.84 Å². The SMILES string of the molecule is CCC1CCCC(Oc2ccc(CO)cn2)C1. The van der Waals surface area contributed by atoms with Crippen molar-refractivity contribution in [3.63, 3.8) is 0 Å². The van der Waals surface area contributed by atoms with Crippen molar-refractivity contribution < 1.29 is 9.84 Å². The molecule has 17 heavy (non-hydrogen) atoms. The largest absolute Gasteiger partial charge is 0.474 e. The molecule has 3 heteroatoms. The fourth-order valence-electron chi connectivity index (χ4n) is 2.46. The number of rotatable bonds is 4. The molecule has 94 valence electrons. The number of nitrogens with zero attached hydrogens (tertiary/aromatic N) is 1. The Labute approximate surface area is 103 Å². The van der Waals surface area contributed by atoms with Crippen LogP contribution in [0.2, 0.25) is 0 Å². The van der Waals surface area contributed by atoms with Crippen LogP contribution in [-0.2, 0) is 6.61 Å². The molecular formula is C14H21NO2. The molecule has 1 N–H and O–H groups in total. The van der Waals surface area contributed by atoms with Crippen molar-refractivity contribution in [3.05, 3.63) is 23.9 Å². The normalized spacial score (nSPS) is 24.6. The van der Waals surface area contributed by atoms with E-state index in [1.165, 1.54) is 19.3 Å². The number of pyridine rings is 1. The van der Waals surface area contributed by atoms with Crippen LogP contribution in [0.3, 0.4) is 0 Å². The molecule has 1 aliphatic rings. The molecule has 1 aromatic rings. The maximum absolute atomic E-state index is 8.94. The monoisotopic (exact) mass is 235 g/mol. The van der Waals surface area contributed by atoms with Crippen molar-refractivity contribution in [2.24, 2.45) is 5.92 Å². The average molecular weight is 235 g/mol. The summed E-state index contributed by atoms with van der Waals surface area (Å²) in [5.74, 6) is 1.49. The van der Waals surface area contributed by atoms with E-state index in [0.717, 1.165) is 24.3 Å². The lowest BCUT2D eigenvalue weighted by Crippen LogP contribution is -2.25. The fourth-order valence-corrected chi connectivity index (χ4v) is 2.46. The van der Waals surface area contributed by atoms with Gasteiger partial charge in [0.05, 0.1) is 6.61 Å². The molecule has 0 aliphatic heterocycles. The van der Waals surface area contributed by atoms with E-state index in [-0.39, 0.29) is 6.61 Å². The Hall–Kier alpha value is -1.09. The minimum absolute atomic E-state index is 0.0363.